The minimum atomic E-state index is -0.117. The summed E-state index contributed by atoms with van der Waals surface area (Å²) in [6, 6.07) is 0. The fourth-order valence-electron chi connectivity index (χ4n) is 1.13. The van der Waals surface area contributed by atoms with Crippen molar-refractivity contribution in [3.05, 3.63) is 18.7 Å². The second-order valence-corrected chi connectivity index (χ2v) is 3.67. The highest BCUT2D eigenvalue weighted by molar-refractivity contribution is 7.80. The molecule has 5 nitrogen and oxygen atoms in total. The molecule has 0 spiro atoms. The van der Waals surface area contributed by atoms with Gasteiger partial charge in [0.15, 0.2) is 0 Å². The van der Waals surface area contributed by atoms with E-state index in [0.29, 0.717) is 6.54 Å². The van der Waals surface area contributed by atoms with Crippen LogP contribution in [-0.4, -0.2) is 27.0 Å². The van der Waals surface area contributed by atoms with Crippen molar-refractivity contribution in [2.75, 3.05) is 6.54 Å². The molecule has 0 atom stereocenters. The minimum Gasteiger partial charge on any atom is -0.393 e. The number of rotatable bonds is 6. The Bertz CT molecular complexity index is 323. The lowest BCUT2D eigenvalue weighted by Gasteiger charge is -2.04. The number of nitrogens with one attached hydrogen (secondary N) is 1. The first-order valence-electron chi connectivity index (χ1n) is 4.69. The molecule has 0 radical (unpaired) electrons. The maximum atomic E-state index is 11.1. The van der Waals surface area contributed by atoms with Crippen LogP contribution in [0.4, 0.5) is 0 Å². The van der Waals surface area contributed by atoms with Gasteiger partial charge in [-0.25, -0.2) is 4.98 Å². The molecule has 1 amide bonds. The molecular weight excluding hydrogens is 212 g/mol. The molecule has 0 saturated heterocycles. The molecular formula is C9H14N4OS. The monoisotopic (exact) mass is 226 g/mol. The number of aryl methyl sites for hydroxylation is 1. The second-order valence-electron chi connectivity index (χ2n) is 3.15. The summed E-state index contributed by atoms with van der Waals surface area (Å²) in [6.45, 7) is 1.47. The predicted octanol–water partition coefficient (Wildman–Crippen LogP) is 0.0656. The Hall–Kier alpha value is -1.43. The molecule has 0 aliphatic carbocycles. The third kappa shape index (κ3) is 5.11. The average Bonchev–Trinajstić information content (AvgIpc) is 2.63. The minimum absolute atomic E-state index is 0.117. The maximum absolute atomic E-state index is 11.1. The summed E-state index contributed by atoms with van der Waals surface area (Å²) in [6.07, 6.45) is 6.35. The second kappa shape index (κ2) is 6.13. The highest BCUT2D eigenvalue weighted by Crippen LogP contribution is 1.89. The van der Waals surface area contributed by atoms with Crippen LogP contribution in [0.5, 0.6) is 0 Å². The van der Waals surface area contributed by atoms with Gasteiger partial charge in [-0.2, -0.15) is 0 Å². The number of imidazole rings is 1. The number of nitrogens with two attached hydrogens (primary N) is 1. The molecule has 1 aromatic rings. The molecule has 1 aromatic heterocycles. The maximum Gasteiger partial charge on any atom is 0.226 e. The molecule has 3 N–H and O–H groups in total. The van der Waals surface area contributed by atoms with Crippen LogP contribution in [0.3, 0.4) is 0 Å². The Balaban J connectivity index is 2.06. The molecule has 0 saturated carbocycles. The largest absolute Gasteiger partial charge is 0.393 e. The van der Waals surface area contributed by atoms with Gasteiger partial charge in [-0.1, -0.05) is 12.2 Å². The van der Waals surface area contributed by atoms with Gasteiger partial charge in [0.25, 0.3) is 0 Å². The van der Waals surface area contributed by atoms with E-state index in [-0.39, 0.29) is 17.3 Å². The van der Waals surface area contributed by atoms with Crippen LogP contribution in [0.25, 0.3) is 0 Å². The molecule has 0 bridgehead atoms. The van der Waals surface area contributed by atoms with E-state index >= 15 is 0 Å². The lowest BCUT2D eigenvalue weighted by molar-refractivity contribution is -0.119. The van der Waals surface area contributed by atoms with E-state index in [4.69, 9.17) is 5.73 Å². The first-order chi connectivity index (χ1) is 7.18. The topological polar surface area (TPSA) is 72.9 Å². The van der Waals surface area contributed by atoms with E-state index < -0.39 is 0 Å². The summed E-state index contributed by atoms with van der Waals surface area (Å²) in [7, 11) is 0. The van der Waals surface area contributed by atoms with Crippen molar-refractivity contribution >= 4 is 23.1 Å². The molecule has 0 fully saturated rings. The van der Waals surface area contributed by atoms with Crippen molar-refractivity contribution < 1.29 is 4.79 Å². The number of carbonyl (C=O) groups excluding carboxylic acids is 1. The van der Waals surface area contributed by atoms with Crippen molar-refractivity contribution in [3.8, 4) is 0 Å². The highest BCUT2D eigenvalue weighted by atomic mass is 32.1. The number of nitrogens with zero attached hydrogens (tertiary/aromatic N) is 2. The standard InChI is InChI=1S/C9H14N4OS/c10-8(15)6-9(14)12-2-1-4-13-5-3-11-7-13/h3,5,7H,1-2,4,6H2,(H2,10,15)(H,12,14). The van der Waals surface area contributed by atoms with Crippen LogP contribution < -0.4 is 11.1 Å². The lowest BCUT2D eigenvalue weighted by Crippen LogP contribution is -2.28. The van der Waals surface area contributed by atoms with Gasteiger partial charge in [0.1, 0.15) is 0 Å². The molecule has 1 heterocycles. The zero-order chi connectivity index (χ0) is 11.1. The molecule has 0 aromatic carbocycles. The van der Waals surface area contributed by atoms with Gasteiger partial charge in [-0.05, 0) is 6.42 Å². The normalized spacial score (nSPS) is 9.87. The van der Waals surface area contributed by atoms with Crippen LogP contribution in [0, 0.1) is 0 Å². The zero-order valence-electron chi connectivity index (χ0n) is 8.35. The van der Waals surface area contributed by atoms with E-state index in [1.807, 2.05) is 10.8 Å². The molecule has 15 heavy (non-hydrogen) atoms. The van der Waals surface area contributed by atoms with E-state index in [1.54, 1.807) is 12.5 Å². The first kappa shape index (κ1) is 11.6. The van der Waals surface area contributed by atoms with Gasteiger partial charge in [0, 0.05) is 25.5 Å². The first-order valence-corrected chi connectivity index (χ1v) is 5.10. The number of aromatic nitrogens is 2. The third-order valence-electron chi connectivity index (χ3n) is 1.81. The van der Waals surface area contributed by atoms with Crippen molar-refractivity contribution in [1.29, 1.82) is 0 Å². The summed E-state index contributed by atoms with van der Waals surface area (Å²) in [4.78, 5) is 15.3. The number of hydrogen-bond donors (Lipinski definition) is 2. The van der Waals surface area contributed by atoms with E-state index in [9.17, 15) is 4.79 Å². The average molecular weight is 226 g/mol. The molecule has 82 valence electrons. The molecule has 6 heteroatoms. The Morgan fingerprint density at radius 1 is 1.60 bits per heavy atom. The summed E-state index contributed by atoms with van der Waals surface area (Å²) in [5.41, 5.74) is 5.23. The molecule has 0 aliphatic heterocycles. The summed E-state index contributed by atoms with van der Waals surface area (Å²) in [5.74, 6) is -0.117. The fourth-order valence-corrected chi connectivity index (χ4v) is 1.26. The SMILES string of the molecule is NC(=S)CC(=O)NCCCn1ccnc1. The highest BCUT2D eigenvalue weighted by Gasteiger charge is 2.01. The Morgan fingerprint density at radius 3 is 3.00 bits per heavy atom. The summed E-state index contributed by atoms with van der Waals surface area (Å²) >= 11 is 4.62. The molecule has 1 rings (SSSR count). The van der Waals surface area contributed by atoms with Crippen LogP contribution >= 0.6 is 12.2 Å². The van der Waals surface area contributed by atoms with Crippen LogP contribution in [0.15, 0.2) is 18.7 Å². The van der Waals surface area contributed by atoms with Gasteiger partial charge in [0.2, 0.25) is 5.91 Å². The van der Waals surface area contributed by atoms with Crippen molar-refractivity contribution in [2.24, 2.45) is 5.73 Å². The third-order valence-corrected chi connectivity index (χ3v) is 1.95. The fraction of sp³-hybridized carbons (Fsp3) is 0.444. The Kier molecular flexibility index (Phi) is 4.76. The van der Waals surface area contributed by atoms with Gasteiger partial charge < -0.3 is 15.6 Å². The smallest absolute Gasteiger partial charge is 0.226 e. The predicted molar refractivity (Wildman–Crippen MR) is 61.3 cm³/mol. The van der Waals surface area contributed by atoms with Crippen molar-refractivity contribution in [2.45, 2.75) is 19.4 Å². The Morgan fingerprint density at radius 2 is 2.40 bits per heavy atom. The number of thiocarbonyl (C=S) groups is 1. The number of hydrogen-bond acceptors (Lipinski definition) is 3. The quantitative estimate of drug-likeness (QED) is 0.531. The zero-order valence-corrected chi connectivity index (χ0v) is 9.17. The van der Waals surface area contributed by atoms with Crippen molar-refractivity contribution in [1.82, 2.24) is 14.9 Å². The summed E-state index contributed by atoms with van der Waals surface area (Å²) < 4.78 is 1.96. The van der Waals surface area contributed by atoms with Crippen LogP contribution in [-0.2, 0) is 11.3 Å². The van der Waals surface area contributed by atoms with Crippen molar-refractivity contribution in [3.63, 3.8) is 0 Å². The number of amides is 1. The Labute approximate surface area is 93.7 Å². The van der Waals surface area contributed by atoms with Crippen LogP contribution in [0.2, 0.25) is 0 Å². The molecule has 0 unspecified atom stereocenters. The summed E-state index contributed by atoms with van der Waals surface area (Å²) in [5, 5.41) is 2.74. The van der Waals surface area contributed by atoms with Gasteiger partial charge in [0.05, 0.1) is 17.7 Å². The van der Waals surface area contributed by atoms with Gasteiger partial charge in [-0.15, -0.1) is 0 Å². The molecule has 0 aliphatic rings. The number of carbonyl (C=O) groups is 1. The van der Waals surface area contributed by atoms with Gasteiger partial charge in [-0.3, -0.25) is 4.79 Å². The van der Waals surface area contributed by atoms with Crippen LogP contribution in [0.1, 0.15) is 12.8 Å². The lowest BCUT2D eigenvalue weighted by atomic mass is 10.3. The van der Waals surface area contributed by atoms with Gasteiger partial charge >= 0.3 is 0 Å². The van der Waals surface area contributed by atoms with E-state index in [2.05, 4.69) is 22.5 Å². The van der Waals surface area contributed by atoms with E-state index in [0.717, 1.165) is 13.0 Å². The van der Waals surface area contributed by atoms with E-state index in [1.165, 1.54) is 0 Å².